The number of thiophene rings is 1. The predicted molar refractivity (Wildman–Crippen MR) is 80.7 cm³/mol. The fourth-order valence-corrected chi connectivity index (χ4v) is 3.48. The molecule has 3 heteroatoms. The van der Waals surface area contributed by atoms with Gasteiger partial charge in [-0.15, -0.1) is 11.3 Å². The van der Waals surface area contributed by atoms with Crippen molar-refractivity contribution in [3.05, 3.63) is 56.7 Å². The van der Waals surface area contributed by atoms with Gasteiger partial charge in [-0.3, -0.25) is 0 Å². The monoisotopic (exact) mass is 279 g/mol. The molecule has 0 aliphatic heterocycles. The SMILES string of the molecule is CCc1ccsc1C(Cc1ccccc1Cl)NC. The Bertz CT molecular complexity index is 507. The van der Waals surface area contributed by atoms with E-state index in [9.17, 15) is 0 Å². The maximum atomic E-state index is 6.24. The highest BCUT2D eigenvalue weighted by molar-refractivity contribution is 7.10. The number of hydrogen-bond donors (Lipinski definition) is 1. The number of nitrogens with one attached hydrogen (secondary N) is 1. The van der Waals surface area contributed by atoms with Gasteiger partial charge in [0.25, 0.3) is 0 Å². The molecule has 0 saturated carbocycles. The Kier molecular flexibility index (Phi) is 4.81. The highest BCUT2D eigenvalue weighted by Crippen LogP contribution is 2.29. The minimum atomic E-state index is 0.347. The van der Waals surface area contributed by atoms with Crippen molar-refractivity contribution in [2.45, 2.75) is 25.8 Å². The third kappa shape index (κ3) is 2.94. The lowest BCUT2D eigenvalue weighted by Gasteiger charge is -2.17. The summed E-state index contributed by atoms with van der Waals surface area (Å²) in [5.41, 5.74) is 2.64. The van der Waals surface area contributed by atoms with Crippen LogP contribution in [-0.4, -0.2) is 7.05 Å². The average Bonchev–Trinajstić information content (AvgIpc) is 2.86. The summed E-state index contributed by atoms with van der Waals surface area (Å²) in [6.45, 7) is 2.20. The zero-order valence-corrected chi connectivity index (χ0v) is 12.3. The minimum Gasteiger partial charge on any atom is -0.312 e. The molecule has 0 aliphatic rings. The molecule has 0 bridgehead atoms. The highest BCUT2D eigenvalue weighted by atomic mass is 35.5. The molecule has 96 valence electrons. The zero-order valence-electron chi connectivity index (χ0n) is 10.7. The molecule has 0 spiro atoms. The van der Waals surface area contributed by atoms with Crippen molar-refractivity contribution in [2.75, 3.05) is 7.05 Å². The topological polar surface area (TPSA) is 12.0 Å². The first kappa shape index (κ1) is 13.6. The Morgan fingerprint density at radius 2 is 2.00 bits per heavy atom. The summed E-state index contributed by atoms with van der Waals surface area (Å²) in [7, 11) is 2.01. The maximum absolute atomic E-state index is 6.24. The zero-order chi connectivity index (χ0) is 13.0. The van der Waals surface area contributed by atoms with Crippen molar-refractivity contribution < 1.29 is 0 Å². The Labute approximate surface area is 118 Å². The molecule has 1 N–H and O–H groups in total. The van der Waals surface area contributed by atoms with E-state index in [1.807, 2.05) is 36.6 Å². The lowest BCUT2D eigenvalue weighted by Crippen LogP contribution is -2.19. The van der Waals surface area contributed by atoms with Crippen LogP contribution in [0.3, 0.4) is 0 Å². The van der Waals surface area contributed by atoms with E-state index in [1.54, 1.807) is 0 Å². The van der Waals surface area contributed by atoms with Gasteiger partial charge < -0.3 is 5.32 Å². The smallest absolute Gasteiger partial charge is 0.0456 e. The summed E-state index contributed by atoms with van der Waals surface area (Å²) in [6, 6.07) is 10.6. The van der Waals surface area contributed by atoms with E-state index in [0.29, 0.717) is 6.04 Å². The summed E-state index contributed by atoms with van der Waals surface area (Å²) in [4.78, 5) is 1.43. The fourth-order valence-electron chi connectivity index (χ4n) is 2.15. The molecular formula is C15H18ClNS. The third-order valence-corrected chi connectivity index (χ3v) is 4.65. The van der Waals surface area contributed by atoms with Gasteiger partial charge in [0.05, 0.1) is 0 Å². The van der Waals surface area contributed by atoms with Gasteiger partial charge >= 0.3 is 0 Å². The lowest BCUT2D eigenvalue weighted by molar-refractivity contribution is 0.598. The highest BCUT2D eigenvalue weighted by Gasteiger charge is 2.16. The molecule has 1 unspecified atom stereocenters. The Morgan fingerprint density at radius 1 is 1.22 bits per heavy atom. The van der Waals surface area contributed by atoms with Crippen LogP contribution in [0.15, 0.2) is 35.7 Å². The summed E-state index contributed by atoms with van der Waals surface area (Å²) >= 11 is 8.06. The Morgan fingerprint density at radius 3 is 2.67 bits per heavy atom. The number of aryl methyl sites for hydroxylation is 1. The quantitative estimate of drug-likeness (QED) is 0.852. The lowest BCUT2D eigenvalue weighted by atomic mass is 10.0. The summed E-state index contributed by atoms with van der Waals surface area (Å²) < 4.78 is 0. The van der Waals surface area contributed by atoms with Gasteiger partial charge in [0.2, 0.25) is 0 Å². The van der Waals surface area contributed by atoms with Gasteiger partial charge in [0.15, 0.2) is 0 Å². The van der Waals surface area contributed by atoms with Crippen LogP contribution >= 0.6 is 22.9 Å². The summed E-state index contributed by atoms with van der Waals surface area (Å²) in [5.74, 6) is 0. The summed E-state index contributed by atoms with van der Waals surface area (Å²) in [5, 5.41) is 6.43. The van der Waals surface area contributed by atoms with Crippen LogP contribution in [0.25, 0.3) is 0 Å². The fraction of sp³-hybridized carbons (Fsp3) is 0.333. The van der Waals surface area contributed by atoms with Crippen molar-refractivity contribution in [3.63, 3.8) is 0 Å². The normalized spacial score (nSPS) is 12.6. The second kappa shape index (κ2) is 6.37. The van der Waals surface area contributed by atoms with Crippen molar-refractivity contribution in [1.82, 2.24) is 5.32 Å². The predicted octanol–water partition coefficient (Wildman–Crippen LogP) is 4.47. The van der Waals surface area contributed by atoms with E-state index in [1.165, 1.54) is 16.0 Å². The molecule has 0 aliphatic carbocycles. The molecule has 0 saturated heterocycles. The summed E-state index contributed by atoms with van der Waals surface area (Å²) in [6.07, 6.45) is 2.02. The van der Waals surface area contributed by atoms with Crippen LogP contribution < -0.4 is 5.32 Å². The molecule has 0 amide bonds. The second-order valence-electron chi connectivity index (χ2n) is 4.30. The van der Waals surface area contributed by atoms with Gasteiger partial charge in [-0.1, -0.05) is 36.7 Å². The van der Waals surface area contributed by atoms with Crippen molar-refractivity contribution >= 4 is 22.9 Å². The average molecular weight is 280 g/mol. The third-order valence-electron chi connectivity index (χ3n) is 3.21. The number of likely N-dealkylation sites (N-methyl/N-ethyl adjacent to an activating group) is 1. The Balaban J connectivity index is 2.23. The van der Waals surface area contributed by atoms with E-state index in [4.69, 9.17) is 11.6 Å². The van der Waals surface area contributed by atoms with Crippen LogP contribution in [0.2, 0.25) is 5.02 Å². The molecule has 2 aromatic rings. The molecular weight excluding hydrogens is 262 g/mol. The van der Waals surface area contributed by atoms with Crippen LogP contribution in [-0.2, 0) is 12.8 Å². The van der Waals surface area contributed by atoms with Gasteiger partial charge in [-0.05, 0) is 48.5 Å². The van der Waals surface area contributed by atoms with E-state index in [0.717, 1.165) is 17.9 Å². The number of halogens is 1. The number of rotatable bonds is 5. The van der Waals surface area contributed by atoms with Crippen molar-refractivity contribution in [3.8, 4) is 0 Å². The minimum absolute atomic E-state index is 0.347. The molecule has 1 heterocycles. The second-order valence-corrected chi connectivity index (χ2v) is 5.66. The molecule has 1 nitrogen and oxygen atoms in total. The van der Waals surface area contributed by atoms with Crippen LogP contribution in [0.5, 0.6) is 0 Å². The van der Waals surface area contributed by atoms with E-state index in [-0.39, 0.29) is 0 Å². The molecule has 0 fully saturated rings. The van der Waals surface area contributed by atoms with Gasteiger partial charge in [0, 0.05) is 15.9 Å². The van der Waals surface area contributed by atoms with E-state index >= 15 is 0 Å². The van der Waals surface area contributed by atoms with Gasteiger partial charge in [-0.2, -0.15) is 0 Å². The molecule has 0 radical (unpaired) electrons. The van der Waals surface area contributed by atoms with Crippen LogP contribution in [0.1, 0.15) is 29.0 Å². The number of benzene rings is 1. The van der Waals surface area contributed by atoms with E-state index in [2.05, 4.69) is 29.8 Å². The van der Waals surface area contributed by atoms with Crippen LogP contribution in [0, 0.1) is 0 Å². The molecule has 2 rings (SSSR count). The Hall–Kier alpha value is -0.830. The van der Waals surface area contributed by atoms with Crippen LogP contribution in [0.4, 0.5) is 0 Å². The number of hydrogen-bond acceptors (Lipinski definition) is 2. The first-order chi connectivity index (χ1) is 8.76. The molecule has 1 atom stereocenters. The van der Waals surface area contributed by atoms with Gasteiger partial charge in [0.1, 0.15) is 0 Å². The first-order valence-electron chi connectivity index (χ1n) is 6.23. The first-order valence-corrected chi connectivity index (χ1v) is 7.49. The maximum Gasteiger partial charge on any atom is 0.0456 e. The van der Waals surface area contributed by atoms with E-state index < -0.39 is 0 Å². The largest absolute Gasteiger partial charge is 0.312 e. The van der Waals surface area contributed by atoms with Gasteiger partial charge in [-0.25, -0.2) is 0 Å². The standard InChI is InChI=1S/C15H18ClNS/c1-3-11-8-9-18-15(11)14(17-2)10-12-6-4-5-7-13(12)16/h4-9,14,17H,3,10H2,1-2H3. The van der Waals surface area contributed by atoms with Crippen molar-refractivity contribution in [1.29, 1.82) is 0 Å². The molecule has 1 aromatic carbocycles. The van der Waals surface area contributed by atoms with Crippen molar-refractivity contribution in [2.24, 2.45) is 0 Å². The molecule has 18 heavy (non-hydrogen) atoms. The molecule has 1 aromatic heterocycles.